The van der Waals surface area contributed by atoms with Gasteiger partial charge in [0.2, 0.25) is 23.6 Å². The molecule has 5 unspecified atom stereocenters. The lowest BCUT2D eigenvalue weighted by Crippen LogP contribution is -2.59. The van der Waals surface area contributed by atoms with Crippen LogP contribution in [0.5, 0.6) is 0 Å². The predicted molar refractivity (Wildman–Crippen MR) is 131 cm³/mol. The molecule has 0 radical (unpaired) electrons. The first-order chi connectivity index (χ1) is 17.2. The fraction of sp³-hybridized carbons (Fsp3) is 0.667. The van der Waals surface area contributed by atoms with Crippen molar-refractivity contribution in [2.24, 2.45) is 33.8 Å². The molecule has 16 heteroatoms. The second-order valence-electron chi connectivity index (χ2n) is 8.49. The van der Waals surface area contributed by atoms with Crippen LogP contribution in [0.2, 0.25) is 0 Å². The van der Waals surface area contributed by atoms with Crippen LogP contribution in [0.25, 0.3) is 0 Å². The molecule has 0 bridgehead atoms. The first-order valence-electron chi connectivity index (χ1n) is 11.6. The SMILES string of the molecule is CCC(C)C(NC(=O)C(N)CCCN=C(N)N)C(=O)NC(CC(N)=O)C(=O)NC(CCC(=O)O)C(=O)O. The Kier molecular flexibility index (Phi) is 14.9. The van der Waals surface area contributed by atoms with Gasteiger partial charge in [0, 0.05) is 13.0 Å². The normalized spacial score (nSPS) is 14.7. The second kappa shape index (κ2) is 16.7. The van der Waals surface area contributed by atoms with Gasteiger partial charge in [-0.3, -0.25) is 29.0 Å². The first-order valence-corrected chi connectivity index (χ1v) is 11.6. The zero-order valence-electron chi connectivity index (χ0n) is 20.9. The van der Waals surface area contributed by atoms with E-state index in [-0.39, 0.29) is 18.9 Å². The van der Waals surface area contributed by atoms with E-state index < -0.39 is 84.9 Å². The molecule has 13 N–H and O–H groups in total. The number of carbonyl (C=O) groups excluding carboxylic acids is 4. The lowest BCUT2D eigenvalue weighted by atomic mass is 9.97. The van der Waals surface area contributed by atoms with Gasteiger partial charge in [-0.25, -0.2) is 4.79 Å². The van der Waals surface area contributed by atoms with Crippen LogP contribution in [0.3, 0.4) is 0 Å². The van der Waals surface area contributed by atoms with Gasteiger partial charge >= 0.3 is 11.9 Å². The largest absolute Gasteiger partial charge is 0.481 e. The minimum atomic E-state index is -1.59. The van der Waals surface area contributed by atoms with Crippen molar-refractivity contribution in [3.8, 4) is 0 Å². The van der Waals surface area contributed by atoms with E-state index in [1.54, 1.807) is 13.8 Å². The Morgan fingerprint density at radius 1 is 0.865 bits per heavy atom. The summed E-state index contributed by atoms with van der Waals surface area (Å²) in [7, 11) is 0. The summed E-state index contributed by atoms with van der Waals surface area (Å²) >= 11 is 0. The number of rotatable bonds is 18. The minimum Gasteiger partial charge on any atom is -0.481 e. The van der Waals surface area contributed by atoms with Gasteiger partial charge < -0.3 is 49.1 Å². The van der Waals surface area contributed by atoms with Crippen molar-refractivity contribution in [2.75, 3.05) is 6.54 Å². The van der Waals surface area contributed by atoms with Crippen molar-refractivity contribution in [3.05, 3.63) is 0 Å². The van der Waals surface area contributed by atoms with Gasteiger partial charge in [0.1, 0.15) is 18.1 Å². The summed E-state index contributed by atoms with van der Waals surface area (Å²) in [6, 6.07) is -5.29. The number of carbonyl (C=O) groups is 6. The maximum absolute atomic E-state index is 13.0. The molecule has 37 heavy (non-hydrogen) atoms. The van der Waals surface area contributed by atoms with Crippen LogP contribution in [-0.4, -0.2) is 82.5 Å². The summed E-state index contributed by atoms with van der Waals surface area (Å²) in [5, 5.41) is 25.0. The molecular weight excluding hydrogens is 492 g/mol. The van der Waals surface area contributed by atoms with Crippen molar-refractivity contribution < 1.29 is 39.0 Å². The molecule has 0 aromatic carbocycles. The smallest absolute Gasteiger partial charge is 0.326 e. The number of carboxylic acid groups (broad SMARTS) is 2. The van der Waals surface area contributed by atoms with E-state index in [2.05, 4.69) is 20.9 Å². The highest BCUT2D eigenvalue weighted by Crippen LogP contribution is 2.10. The summed E-state index contributed by atoms with van der Waals surface area (Å²) in [5.41, 5.74) is 21.6. The minimum absolute atomic E-state index is 0.0994. The Balaban J connectivity index is 5.48. The molecular formula is C21H38N8O8. The molecule has 210 valence electrons. The Bertz CT molecular complexity index is 861. The zero-order chi connectivity index (χ0) is 28.7. The molecule has 0 saturated heterocycles. The molecule has 0 spiro atoms. The Morgan fingerprint density at radius 2 is 1.46 bits per heavy atom. The van der Waals surface area contributed by atoms with Gasteiger partial charge in [0.25, 0.3) is 0 Å². The number of primary amides is 1. The number of hydrogen-bond donors (Lipinski definition) is 9. The number of aliphatic carboxylic acids is 2. The lowest BCUT2D eigenvalue weighted by molar-refractivity contribution is -0.143. The molecule has 0 aliphatic heterocycles. The van der Waals surface area contributed by atoms with Crippen LogP contribution >= 0.6 is 0 Å². The fourth-order valence-electron chi connectivity index (χ4n) is 3.08. The van der Waals surface area contributed by atoms with E-state index in [4.69, 9.17) is 28.0 Å². The zero-order valence-corrected chi connectivity index (χ0v) is 20.9. The van der Waals surface area contributed by atoms with Gasteiger partial charge in [0.15, 0.2) is 5.96 Å². The highest BCUT2D eigenvalue weighted by atomic mass is 16.4. The van der Waals surface area contributed by atoms with E-state index in [9.17, 15) is 33.9 Å². The number of aliphatic imine (C=N–C) groups is 1. The Hall–Kier alpha value is -3.95. The molecule has 0 aliphatic carbocycles. The standard InChI is InChI=1S/C21H38N8O8/c1-3-10(2)16(29-17(33)11(22)5-4-8-26-21(24)25)19(35)28-13(9-14(23)30)18(34)27-12(20(36)37)6-7-15(31)32/h10-13,16H,3-9,22H2,1-2H3,(H2,23,30)(H,27,34)(H,28,35)(H,29,33)(H,31,32)(H,36,37)(H4,24,25,26). The van der Waals surface area contributed by atoms with Gasteiger partial charge in [-0.2, -0.15) is 0 Å². The molecule has 0 heterocycles. The molecule has 5 atom stereocenters. The maximum atomic E-state index is 13.0. The number of amides is 4. The van der Waals surface area contributed by atoms with Gasteiger partial charge in [-0.05, 0) is 25.2 Å². The number of nitrogens with two attached hydrogens (primary N) is 4. The molecule has 0 saturated carbocycles. The summed E-state index contributed by atoms with van der Waals surface area (Å²) < 4.78 is 0. The van der Waals surface area contributed by atoms with Crippen molar-refractivity contribution in [3.63, 3.8) is 0 Å². The van der Waals surface area contributed by atoms with E-state index in [1.807, 2.05) is 0 Å². The third-order valence-corrected chi connectivity index (χ3v) is 5.40. The third-order valence-electron chi connectivity index (χ3n) is 5.40. The predicted octanol–water partition coefficient (Wildman–Crippen LogP) is -3.31. The first kappa shape index (κ1) is 33.0. The summed E-state index contributed by atoms with van der Waals surface area (Å²) in [4.78, 5) is 75.7. The highest BCUT2D eigenvalue weighted by Gasteiger charge is 2.33. The van der Waals surface area contributed by atoms with E-state index in [1.165, 1.54) is 0 Å². The monoisotopic (exact) mass is 530 g/mol. The van der Waals surface area contributed by atoms with Crippen LogP contribution in [0, 0.1) is 5.92 Å². The van der Waals surface area contributed by atoms with Crippen molar-refractivity contribution >= 4 is 41.5 Å². The number of hydrogen-bond acceptors (Lipinski definition) is 8. The van der Waals surface area contributed by atoms with Crippen molar-refractivity contribution in [2.45, 2.75) is 76.5 Å². The van der Waals surface area contributed by atoms with Crippen LogP contribution in [0.4, 0.5) is 0 Å². The van der Waals surface area contributed by atoms with Crippen LogP contribution in [0.15, 0.2) is 4.99 Å². The number of nitrogens with zero attached hydrogens (tertiary/aromatic N) is 1. The van der Waals surface area contributed by atoms with E-state index >= 15 is 0 Å². The second-order valence-corrected chi connectivity index (χ2v) is 8.49. The molecule has 0 aromatic rings. The average molecular weight is 531 g/mol. The summed E-state index contributed by atoms with van der Waals surface area (Å²) in [6.07, 6.45) is -0.578. The number of carboxylic acids is 2. The van der Waals surface area contributed by atoms with Crippen LogP contribution in [-0.2, 0) is 28.8 Å². The van der Waals surface area contributed by atoms with Crippen molar-refractivity contribution in [1.82, 2.24) is 16.0 Å². The molecule has 0 aromatic heterocycles. The van der Waals surface area contributed by atoms with E-state index in [0.717, 1.165) is 0 Å². The van der Waals surface area contributed by atoms with Crippen LogP contribution in [0.1, 0.15) is 52.4 Å². The van der Waals surface area contributed by atoms with Gasteiger partial charge in [0.05, 0.1) is 12.5 Å². The van der Waals surface area contributed by atoms with E-state index in [0.29, 0.717) is 12.8 Å². The van der Waals surface area contributed by atoms with Crippen LogP contribution < -0.4 is 38.9 Å². The fourth-order valence-corrected chi connectivity index (χ4v) is 3.08. The molecule has 16 nitrogen and oxygen atoms in total. The molecule has 4 amide bonds. The Labute approximate surface area is 214 Å². The molecule has 0 rings (SSSR count). The maximum Gasteiger partial charge on any atom is 0.326 e. The van der Waals surface area contributed by atoms with Gasteiger partial charge in [-0.1, -0.05) is 20.3 Å². The molecule has 0 aliphatic rings. The van der Waals surface area contributed by atoms with Gasteiger partial charge in [-0.15, -0.1) is 0 Å². The topological polar surface area (TPSA) is 295 Å². The van der Waals surface area contributed by atoms with Crippen molar-refractivity contribution in [1.29, 1.82) is 0 Å². The number of guanidine groups is 1. The Morgan fingerprint density at radius 3 is 1.95 bits per heavy atom. The third kappa shape index (κ3) is 13.6. The number of nitrogens with one attached hydrogen (secondary N) is 3. The quantitative estimate of drug-likeness (QED) is 0.0480. The lowest BCUT2D eigenvalue weighted by Gasteiger charge is -2.27. The molecule has 0 fully saturated rings. The average Bonchev–Trinajstić information content (AvgIpc) is 2.80. The highest BCUT2D eigenvalue weighted by molar-refractivity contribution is 5.96. The summed E-state index contributed by atoms with van der Waals surface area (Å²) in [5.74, 6) is -6.79. The summed E-state index contributed by atoms with van der Waals surface area (Å²) in [6.45, 7) is 3.69.